The minimum Gasteiger partial charge on any atom is -0.495 e. The molecule has 0 amide bonds. The molecule has 0 aliphatic carbocycles. The number of aromatic nitrogens is 1. The van der Waals surface area contributed by atoms with Crippen LogP contribution in [0.3, 0.4) is 0 Å². The fourth-order valence-electron chi connectivity index (χ4n) is 4.07. The van der Waals surface area contributed by atoms with Crippen LogP contribution in [0.2, 0.25) is 0 Å². The molecule has 1 saturated heterocycles. The first-order chi connectivity index (χ1) is 18.0. The third-order valence-corrected chi connectivity index (χ3v) is 6.30. The maximum Gasteiger partial charge on any atom is 0.168 e. The number of carbonyl (C=O) groups excluding carboxylic acids is 1. The number of hydrogen-bond donors (Lipinski definition) is 2. The summed E-state index contributed by atoms with van der Waals surface area (Å²) in [6.45, 7) is 11.3. The number of fused-ring (bicyclic) bond motifs is 1. The average molecular weight is 501 g/mol. The van der Waals surface area contributed by atoms with Gasteiger partial charge in [0.05, 0.1) is 24.6 Å². The maximum absolute atomic E-state index is 11.0. The molecule has 1 fully saturated rings. The van der Waals surface area contributed by atoms with Crippen LogP contribution in [0.5, 0.6) is 5.75 Å². The highest BCUT2D eigenvalue weighted by Crippen LogP contribution is 2.35. The molecule has 3 aromatic rings. The van der Waals surface area contributed by atoms with E-state index in [1.54, 1.807) is 19.2 Å². The van der Waals surface area contributed by atoms with Gasteiger partial charge in [0, 0.05) is 62.3 Å². The number of benzene rings is 2. The molecule has 0 spiro atoms. The van der Waals surface area contributed by atoms with Crippen LogP contribution in [0.1, 0.15) is 10.5 Å². The van der Waals surface area contributed by atoms with Crippen molar-refractivity contribution in [1.82, 2.24) is 20.1 Å². The minimum absolute atomic E-state index is 0.328. The Morgan fingerprint density at radius 2 is 1.95 bits per heavy atom. The lowest BCUT2D eigenvalue weighted by atomic mass is 10.0. The number of likely N-dealkylation sites (N-methyl/N-ethyl adjacent to an activating group) is 2. The van der Waals surface area contributed by atoms with Crippen LogP contribution >= 0.6 is 0 Å². The van der Waals surface area contributed by atoms with Gasteiger partial charge < -0.3 is 20.3 Å². The normalized spacial score (nSPS) is 13.8. The van der Waals surface area contributed by atoms with E-state index in [9.17, 15) is 4.79 Å². The van der Waals surface area contributed by atoms with Crippen LogP contribution in [0.15, 0.2) is 60.7 Å². The SMILES string of the molecule is C=C(C#N)CNc1c(OC)ccc2ccc(-c3cccc(C=O)n3)cc12.CNCCN1CCN(C)CC1. The topological polar surface area (TPSA) is 93.5 Å². The molecule has 1 aliphatic rings. The lowest BCUT2D eigenvalue weighted by Crippen LogP contribution is -2.46. The molecule has 8 nitrogen and oxygen atoms in total. The fourth-order valence-corrected chi connectivity index (χ4v) is 4.07. The Morgan fingerprint density at radius 1 is 1.19 bits per heavy atom. The molecule has 194 valence electrons. The zero-order chi connectivity index (χ0) is 26.6. The van der Waals surface area contributed by atoms with Crippen LogP contribution in [0.4, 0.5) is 5.69 Å². The van der Waals surface area contributed by atoms with Crippen molar-refractivity contribution < 1.29 is 9.53 Å². The molecule has 0 radical (unpaired) electrons. The van der Waals surface area contributed by atoms with E-state index in [2.05, 4.69) is 39.0 Å². The number of nitrogens with one attached hydrogen (secondary N) is 2. The maximum atomic E-state index is 11.0. The van der Waals surface area contributed by atoms with E-state index in [0.717, 1.165) is 34.9 Å². The van der Waals surface area contributed by atoms with Gasteiger partial charge in [0.25, 0.3) is 0 Å². The number of piperazine rings is 1. The molecule has 0 saturated carbocycles. The predicted octanol–water partition coefficient (Wildman–Crippen LogP) is 3.67. The number of methoxy groups -OCH3 is 1. The summed E-state index contributed by atoms with van der Waals surface area (Å²) >= 11 is 0. The second-order valence-corrected chi connectivity index (χ2v) is 8.96. The molecule has 8 heteroatoms. The molecule has 0 unspecified atom stereocenters. The highest BCUT2D eigenvalue weighted by Gasteiger charge is 2.12. The fraction of sp³-hybridized carbons (Fsp3) is 0.345. The monoisotopic (exact) mass is 500 g/mol. The molecule has 0 atom stereocenters. The minimum atomic E-state index is 0.328. The van der Waals surface area contributed by atoms with Gasteiger partial charge in [-0.25, -0.2) is 4.98 Å². The van der Waals surface area contributed by atoms with Crippen molar-refractivity contribution in [1.29, 1.82) is 5.26 Å². The van der Waals surface area contributed by atoms with Gasteiger partial charge >= 0.3 is 0 Å². The molecule has 2 N–H and O–H groups in total. The van der Waals surface area contributed by atoms with Gasteiger partial charge in [-0.15, -0.1) is 0 Å². The lowest BCUT2D eigenvalue weighted by molar-refractivity contribution is 0.111. The molecular formula is C29H36N6O2. The first-order valence-corrected chi connectivity index (χ1v) is 12.4. The first kappa shape index (κ1) is 27.8. The van der Waals surface area contributed by atoms with Gasteiger partial charge in [-0.1, -0.05) is 30.8 Å². The van der Waals surface area contributed by atoms with Crippen LogP contribution < -0.4 is 15.4 Å². The number of nitriles is 1. The second-order valence-electron chi connectivity index (χ2n) is 8.96. The Bertz CT molecular complexity index is 1240. The average Bonchev–Trinajstić information content (AvgIpc) is 2.95. The molecule has 37 heavy (non-hydrogen) atoms. The largest absolute Gasteiger partial charge is 0.495 e. The van der Waals surface area contributed by atoms with Gasteiger partial charge in [0.15, 0.2) is 6.29 Å². The third kappa shape index (κ3) is 7.86. The summed E-state index contributed by atoms with van der Waals surface area (Å²) in [7, 11) is 5.80. The summed E-state index contributed by atoms with van der Waals surface area (Å²) < 4.78 is 5.46. The number of ether oxygens (including phenoxy) is 1. The van der Waals surface area contributed by atoms with E-state index < -0.39 is 0 Å². The van der Waals surface area contributed by atoms with E-state index in [-0.39, 0.29) is 0 Å². The van der Waals surface area contributed by atoms with E-state index in [4.69, 9.17) is 10.00 Å². The van der Waals surface area contributed by atoms with E-state index in [1.807, 2.05) is 49.5 Å². The Morgan fingerprint density at radius 3 is 2.62 bits per heavy atom. The van der Waals surface area contributed by atoms with Gasteiger partial charge in [-0.3, -0.25) is 9.69 Å². The number of pyridine rings is 1. The summed E-state index contributed by atoms with van der Waals surface area (Å²) in [6, 6.07) is 17.2. The quantitative estimate of drug-likeness (QED) is 0.340. The van der Waals surface area contributed by atoms with E-state index in [0.29, 0.717) is 29.3 Å². The summed E-state index contributed by atoms with van der Waals surface area (Å²) in [5.41, 5.74) is 3.20. The zero-order valence-corrected chi connectivity index (χ0v) is 22.0. The molecule has 2 aromatic carbocycles. The van der Waals surface area contributed by atoms with Crippen molar-refractivity contribution in [3.63, 3.8) is 0 Å². The highest BCUT2D eigenvalue weighted by atomic mass is 16.5. The van der Waals surface area contributed by atoms with Gasteiger partial charge in [-0.05, 0) is 43.7 Å². The number of carbonyl (C=O) groups is 1. The van der Waals surface area contributed by atoms with Crippen molar-refractivity contribution in [2.75, 3.05) is 72.3 Å². The molecule has 1 aromatic heterocycles. The van der Waals surface area contributed by atoms with Crippen molar-refractivity contribution in [2.24, 2.45) is 0 Å². The molecule has 1 aliphatic heterocycles. The number of nitrogens with zero attached hydrogens (tertiary/aromatic N) is 4. The van der Waals surface area contributed by atoms with Crippen molar-refractivity contribution in [3.8, 4) is 23.1 Å². The van der Waals surface area contributed by atoms with Crippen molar-refractivity contribution >= 4 is 22.7 Å². The standard InChI is InChI=1S/C21H17N3O2.C8H19N3/c1-14(11-22)12-23-21-18-10-16(19-5-3-4-17(13-25)24-19)7-6-15(18)8-9-20(21)26-2;1-9-3-4-11-7-5-10(2)6-8-11/h3-10,13,23H,1,12H2,2H3;9H,3-8H2,1-2H3. The predicted molar refractivity (Wildman–Crippen MR) is 150 cm³/mol. The number of anilines is 1. The lowest BCUT2D eigenvalue weighted by Gasteiger charge is -2.32. The smallest absolute Gasteiger partial charge is 0.168 e. The molecule has 2 heterocycles. The van der Waals surface area contributed by atoms with E-state index in [1.165, 1.54) is 32.7 Å². The Balaban J connectivity index is 0.000000289. The second kappa shape index (κ2) is 14.1. The number of hydrogen-bond acceptors (Lipinski definition) is 8. The number of rotatable bonds is 9. The van der Waals surface area contributed by atoms with Crippen molar-refractivity contribution in [3.05, 3.63) is 66.4 Å². The summed E-state index contributed by atoms with van der Waals surface area (Å²) in [6.07, 6.45) is 0.730. The Hall–Kier alpha value is -3.77. The van der Waals surface area contributed by atoms with Crippen LogP contribution in [-0.4, -0.2) is 88.1 Å². The number of aldehydes is 1. The first-order valence-electron chi connectivity index (χ1n) is 12.4. The van der Waals surface area contributed by atoms with Crippen molar-refractivity contribution in [2.45, 2.75) is 0 Å². The summed E-state index contributed by atoms with van der Waals surface area (Å²) in [5.74, 6) is 0.676. The van der Waals surface area contributed by atoms with E-state index >= 15 is 0 Å². The Labute approximate surface area is 219 Å². The molecule has 4 rings (SSSR count). The van der Waals surface area contributed by atoms with Gasteiger partial charge in [-0.2, -0.15) is 5.26 Å². The summed E-state index contributed by atoms with van der Waals surface area (Å²) in [5, 5.41) is 17.3. The molecular weight excluding hydrogens is 464 g/mol. The molecule has 0 bridgehead atoms. The Kier molecular flexibility index (Phi) is 10.6. The van der Waals surface area contributed by atoms with Crippen LogP contribution in [0.25, 0.3) is 22.0 Å². The third-order valence-electron chi connectivity index (χ3n) is 6.30. The highest BCUT2D eigenvalue weighted by molar-refractivity contribution is 5.99. The van der Waals surface area contributed by atoms with Crippen LogP contribution in [-0.2, 0) is 0 Å². The van der Waals surface area contributed by atoms with Gasteiger partial charge in [0.2, 0.25) is 0 Å². The van der Waals surface area contributed by atoms with Gasteiger partial charge in [0.1, 0.15) is 11.4 Å². The summed E-state index contributed by atoms with van der Waals surface area (Å²) in [4.78, 5) is 20.2. The van der Waals surface area contributed by atoms with Crippen LogP contribution in [0, 0.1) is 11.3 Å². The zero-order valence-electron chi connectivity index (χ0n) is 22.0.